The van der Waals surface area contributed by atoms with Crippen LogP contribution in [0.3, 0.4) is 0 Å². The number of esters is 1. The second-order valence-electron chi connectivity index (χ2n) is 9.11. The Kier molecular flexibility index (Phi) is 7.67. The first-order chi connectivity index (χ1) is 15.3. The molecule has 0 amide bonds. The number of carbonyl (C=O) groups is 3. The fraction of sp³-hybridized carbons (Fsp3) is 0.577. The van der Waals surface area contributed by atoms with Crippen LogP contribution in [0, 0.1) is 5.92 Å². The van der Waals surface area contributed by atoms with Crippen molar-refractivity contribution in [2.45, 2.75) is 71.0 Å². The average Bonchev–Trinajstić information content (AvgIpc) is 3.50. The molecule has 1 aliphatic carbocycles. The van der Waals surface area contributed by atoms with Gasteiger partial charge < -0.3 is 14.8 Å². The molecule has 1 aliphatic heterocycles. The van der Waals surface area contributed by atoms with Crippen molar-refractivity contribution in [1.29, 1.82) is 0 Å². The van der Waals surface area contributed by atoms with Crippen LogP contribution >= 0.6 is 0 Å². The first-order valence-electron chi connectivity index (χ1n) is 11.7. The number of benzene rings is 1. The normalized spacial score (nSPS) is 24.4. The lowest BCUT2D eigenvalue weighted by Gasteiger charge is -2.24. The molecule has 174 valence electrons. The average molecular weight is 442 g/mol. The van der Waals surface area contributed by atoms with E-state index in [4.69, 9.17) is 9.47 Å². The first-order valence-corrected chi connectivity index (χ1v) is 11.7. The van der Waals surface area contributed by atoms with Crippen molar-refractivity contribution in [3.05, 3.63) is 47.0 Å². The number of ketones is 2. The monoisotopic (exact) mass is 441 g/mol. The smallest absolute Gasteiger partial charge is 0.350 e. The van der Waals surface area contributed by atoms with Gasteiger partial charge in [-0.25, -0.2) is 4.79 Å². The Morgan fingerprint density at radius 2 is 1.81 bits per heavy atom. The Morgan fingerprint density at radius 3 is 2.44 bits per heavy atom. The summed E-state index contributed by atoms with van der Waals surface area (Å²) in [6, 6.07) is 6.61. The van der Waals surface area contributed by atoms with E-state index in [2.05, 4.69) is 19.2 Å². The molecule has 0 radical (unpaired) electrons. The lowest BCUT2D eigenvalue weighted by molar-refractivity contribution is -0.149. The number of nitrogens with one attached hydrogen (secondary N) is 1. The van der Waals surface area contributed by atoms with E-state index >= 15 is 0 Å². The van der Waals surface area contributed by atoms with Crippen LogP contribution in [0.2, 0.25) is 0 Å². The van der Waals surface area contributed by atoms with Crippen molar-refractivity contribution < 1.29 is 23.9 Å². The number of hydrogen-bond donors (Lipinski definition) is 1. The van der Waals surface area contributed by atoms with Crippen LogP contribution < -0.4 is 5.32 Å². The van der Waals surface area contributed by atoms with Gasteiger partial charge in [0.15, 0.2) is 11.4 Å². The summed E-state index contributed by atoms with van der Waals surface area (Å²) in [6.07, 6.45) is 6.05. The largest absolute Gasteiger partial charge is 0.463 e. The maximum Gasteiger partial charge on any atom is 0.350 e. The molecular weight excluding hydrogens is 406 g/mol. The Labute approximate surface area is 190 Å². The van der Waals surface area contributed by atoms with Gasteiger partial charge in [0.05, 0.1) is 6.61 Å². The zero-order valence-corrected chi connectivity index (χ0v) is 19.7. The van der Waals surface area contributed by atoms with Crippen LogP contribution in [0.25, 0.3) is 0 Å². The summed E-state index contributed by atoms with van der Waals surface area (Å²) in [7, 11) is 0. The molecule has 0 spiro atoms. The summed E-state index contributed by atoms with van der Waals surface area (Å²) in [5, 5.41) is 3.38. The number of ether oxygens (including phenoxy) is 2. The molecule has 6 nitrogen and oxygen atoms in total. The van der Waals surface area contributed by atoms with Crippen molar-refractivity contribution >= 4 is 17.5 Å². The van der Waals surface area contributed by atoms with E-state index in [0.717, 1.165) is 44.3 Å². The maximum absolute atomic E-state index is 13.4. The summed E-state index contributed by atoms with van der Waals surface area (Å²) in [4.78, 5) is 40.1. The summed E-state index contributed by atoms with van der Waals surface area (Å²) < 4.78 is 11.5. The van der Waals surface area contributed by atoms with Crippen LogP contribution in [-0.2, 0) is 14.3 Å². The molecule has 3 rings (SSSR count). The molecule has 0 bridgehead atoms. The number of epoxide rings is 1. The van der Waals surface area contributed by atoms with Crippen molar-refractivity contribution in [2.24, 2.45) is 5.92 Å². The molecular formula is C26H35NO5. The van der Waals surface area contributed by atoms with Crippen LogP contribution in [0.5, 0.6) is 0 Å². The van der Waals surface area contributed by atoms with E-state index < -0.39 is 23.0 Å². The third-order valence-electron chi connectivity index (χ3n) is 6.32. The molecule has 3 unspecified atom stereocenters. The zero-order valence-electron chi connectivity index (χ0n) is 19.7. The van der Waals surface area contributed by atoms with E-state index in [9.17, 15) is 14.4 Å². The molecule has 1 saturated heterocycles. The Hall–Kier alpha value is -2.31. The molecule has 0 aromatic heterocycles. The quantitative estimate of drug-likeness (QED) is 0.171. The summed E-state index contributed by atoms with van der Waals surface area (Å²) >= 11 is 0. The molecule has 1 aromatic rings. The molecule has 3 atom stereocenters. The molecule has 1 N–H and O–H groups in total. The van der Waals surface area contributed by atoms with Gasteiger partial charge in [-0.15, -0.1) is 0 Å². The molecule has 0 saturated carbocycles. The summed E-state index contributed by atoms with van der Waals surface area (Å²) in [5.41, 5.74) is -1.86. The predicted octanol–water partition coefficient (Wildman–Crippen LogP) is 4.28. The van der Waals surface area contributed by atoms with Crippen molar-refractivity contribution in [2.75, 3.05) is 19.7 Å². The number of carbonyl (C=O) groups excluding carboxylic acids is 3. The van der Waals surface area contributed by atoms with E-state index in [1.165, 1.54) is 0 Å². The van der Waals surface area contributed by atoms with Crippen molar-refractivity contribution in [3.63, 3.8) is 0 Å². The minimum absolute atomic E-state index is 0.148. The molecule has 2 aliphatic rings. The van der Waals surface area contributed by atoms with Gasteiger partial charge in [-0.1, -0.05) is 62.6 Å². The Balaban J connectivity index is 1.83. The van der Waals surface area contributed by atoms with Gasteiger partial charge in [-0.2, -0.15) is 0 Å². The number of unbranched alkanes of at least 4 members (excludes halogenated alkanes) is 1. The first kappa shape index (κ1) is 24.3. The van der Waals surface area contributed by atoms with E-state index in [-0.39, 0.29) is 30.3 Å². The summed E-state index contributed by atoms with van der Waals surface area (Å²) in [5.74, 6) is -1.40. The van der Waals surface area contributed by atoms with Gasteiger partial charge in [0.25, 0.3) is 5.60 Å². The number of fused-ring (bicyclic) bond motifs is 2. The van der Waals surface area contributed by atoms with E-state index in [0.29, 0.717) is 5.56 Å². The number of Topliss-reactive ketones (excluding diaryl/α,β-unsaturated/α-hetero) is 2. The van der Waals surface area contributed by atoms with Gasteiger partial charge in [-0.3, -0.25) is 9.59 Å². The maximum atomic E-state index is 13.4. The van der Waals surface area contributed by atoms with Gasteiger partial charge in [-0.05, 0) is 33.2 Å². The topological polar surface area (TPSA) is 85.0 Å². The third kappa shape index (κ3) is 4.30. The highest BCUT2D eigenvalue weighted by atomic mass is 16.7. The molecule has 6 heteroatoms. The highest BCUT2D eigenvalue weighted by molar-refractivity contribution is 6.32. The highest BCUT2D eigenvalue weighted by Gasteiger charge is 2.85. The van der Waals surface area contributed by atoms with Gasteiger partial charge in [0.2, 0.25) is 5.78 Å². The Bertz CT molecular complexity index is 903. The number of rotatable bonds is 12. The van der Waals surface area contributed by atoms with Crippen molar-refractivity contribution in [3.8, 4) is 0 Å². The van der Waals surface area contributed by atoms with Crippen LogP contribution in [0.1, 0.15) is 80.5 Å². The van der Waals surface area contributed by atoms with Gasteiger partial charge in [0, 0.05) is 30.0 Å². The molecule has 1 heterocycles. The predicted molar refractivity (Wildman–Crippen MR) is 123 cm³/mol. The van der Waals surface area contributed by atoms with E-state index in [1.54, 1.807) is 24.3 Å². The van der Waals surface area contributed by atoms with Crippen molar-refractivity contribution in [1.82, 2.24) is 5.32 Å². The van der Waals surface area contributed by atoms with Crippen LogP contribution in [0.4, 0.5) is 0 Å². The lowest BCUT2D eigenvalue weighted by atomic mass is 9.72. The third-order valence-corrected chi connectivity index (χ3v) is 6.32. The van der Waals surface area contributed by atoms with Crippen LogP contribution in [-0.4, -0.2) is 48.4 Å². The molecule has 1 fully saturated rings. The standard InChI is InChI=1S/C26H35NO5/c1-5-7-10-19(16-27-15-6-2)17-31-24(30)26-23(29)21-12-9-8-11-20(21)22(28)25(26,32-26)14-13-18(3)4/h8-9,11-13,19,27H,5-7,10,14-17H2,1-4H3. The van der Waals surface area contributed by atoms with Gasteiger partial charge >= 0.3 is 5.97 Å². The Morgan fingerprint density at radius 1 is 1.12 bits per heavy atom. The minimum Gasteiger partial charge on any atom is -0.463 e. The second-order valence-corrected chi connectivity index (χ2v) is 9.11. The zero-order chi connectivity index (χ0) is 23.4. The van der Waals surface area contributed by atoms with E-state index in [1.807, 2.05) is 19.9 Å². The fourth-order valence-corrected chi connectivity index (χ4v) is 4.40. The van der Waals surface area contributed by atoms with Gasteiger partial charge in [0.1, 0.15) is 0 Å². The number of hydrogen-bond acceptors (Lipinski definition) is 6. The minimum atomic E-state index is -1.88. The SMILES string of the molecule is CCCCC(CNCCC)COC(=O)C12OC1(CC=C(C)C)C(=O)c1ccccc1C2=O. The summed E-state index contributed by atoms with van der Waals surface area (Å²) in [6.45, 7) is 9.89. The number of allylic oxidation sites excluding steroid dienone is 1. The lowest BCUT2D eigenvalue weighted by Crippen LogP contribution is -2.50. The molecule has 1 aromatic carbocycles. The molecule has 32 heavy (non-hydrogen) atoms. The second kappa shape index (κ2) is 10.1. The van der Waals surface area contributed by atoms with Crippen LogP contribution in [0.15, 0.2) is 35.9 Å². The highest BCUT2D eigenvalue weighted by Crippen LogP contribution is 2.58. The fourth-order valence-electron chi connectivity index (χ4n) is 4.40.